The highest BCUT2D eigenvalue weighted by Crippen LogP contribution is 2.18. The quantitative estimate of drug-likeness (QED) is 0.612. The van der Waals surface area contributed by atoms with Crippen LogP contribution in [0.25, 0.3) is 0 Å². The molecule has 0 unspecified atom stereocenters. The van der Waals surface area contributed by atoms with Crippen LogP contribution in [-0.4, -0.2) is 88.5 Å². The summed E-state index contributed by atoms with van der Waals surface area (Å²) in [6, 6.07) is 4.98. The van der Waals surface area contributed by atoms with E-state index in [1.807, 2.05) is 11.9 Å². The van der Waals surface area contributed by atoms with Crippen molar-refractivity contribution in [1.29, 1.82) is 0 Å². The highest BCUT2D eigenvalue weighted by atomic mass is 32.2. The van der Waals surface area contributed by atoms with E-state index in [1.165, 1.54) is 22.5 Å². The van der Waals surface area contributed by atoms with Gasteiger partial charge in [-0.3, -0.25) is 9.69 Å². The Labute approximate surface area is 154 Å². The zero-order valence-electron chi connectivity index (χ0n) is 15.2. The second kappa shape index (κ2) is 9.40. The molecule has 1 aromatic carbocycles. The first-order valence-electron chi connectivity index (χ1n) is 8.55. The number of sulfonamides is 1. The SMILES string of the molecule is COCCCN(C)CC(=O)N1CCN(S(=O)(=O)c2cccc(F)c2)CC1. The zero-order chi connectivity index (χ0) is 19.2. The molecule has 0 aromatic heterocycles. The van der Waals surface area contributed by atoms with Gasteiger partial charge in [0.25, 0.3) is 0 Å². The van der Waals surface area contributed by atoms with E-state index in [-0.39, 0.29) is 23.9 Å². The maximum atomic E-state index is 13.3. The summed E-state index contributed by atoms with van der Waals surface area (Å²) in [4.78, 5) is 15.9. The molecule has 0 radical (unpaired) electrons. The van der Waals surface area contributed by atoms with Crippen LogP contribution in [0.3, 0.4) is 0 Å². The van der Waals surface area contributed by atoms with E-state index in [1.54, 1.807) is 12.0 Å². The predicted molar refractivity (Wildman–Crippen MR) is 95.7 cm³/mol. The van der Waals surface area contributed by atoms with Gasteiger partial charge in [0.2, 0.25) is 15.9 Å². The smallest absolute Gasteiger partial charge is 0.243 e. The third kappa shape index (κ3) is 5.47. The molecule has 7 nitrogen and oxygen atoms in total. The first-order valence-corrected chi connectivity index (χ1v) is 9.99. The van der Waals surface area contributed by atoms with E-state index in [0.717, 1.165) is 19.0 Å². The molecule has 2 rings (SSSR count). The molecule has 1 aliphatic rings. The summed E-state index contributed by atoms with van der Waals surface area (Å²) >= 11 is 0. The standard InChI is InChI=1S/C17H26FN3O4S/c1-19(7-4-12-25-2)14-17(22)20-8-10-21(11-9-20)26(23,24)16-6-3-5-15(18)13-16/h3,5-6,13H,4,7-12,14H2,1-2H3. The fourth-order valence-electron chi connectivity index (χ4n) is 2.84. The van der Waals surface area contributed by atoms with Crippen LogP contribution in [0.15, 0.2) is 29.2 Å². The molecule has 0 saturated carbocycles. The highest BCUT2D eigenvalue weighted by molar-refractivity contribution is 7.89. The minimum Gasteiger partial charge on any atom is -0.385 e. The number of likely N-dealkylation sites (N-methyl/N-ethyl adjacent to an activating group) is 1. The number of carbonyl (C=O) groups excluding carboxylic acids is 1. The van der Waals surface area contributed by atoms with Gasteiger partial charge in [-0.05, 0) is 31.7 Å². The van der Waals surface area contributed by atoms with E-state index in [4.69, 9.17) is 4.74 Å². The number of rotatable bonds is 8. The summed E-state index contributed by atoms with van der Waals surface area (Å²) in [5.74, 6) is -0.607. The van der Waals surface area contributed by atoms with Gasteiger partial charge in [-0.2, -0.15) is 4.31 Å². The monoisotopic (exact) mass is 387 g/mol. The molecule has 9 heteroatoms. The zero-order valence-corrected chi connectivity index (χ0v) is 16.0. The van der Waals surface area contributed by atoms with Crippen LogP contribution < -0.4 is 0 Å². The number of carbonyl (C=O) groups is 1. The summed E-state index contributed by atoms with van der Waals surface area (Å²) < 4.78 is 44.8. The number of ether oxygens (including phenoxy) is 1. The summed E-state index contributed by atoms with van der Waals surface area (Å²) in [5.41, 5.74) is 0. The Kier molecular flexibility index (Phi) is 7.51. The van der Waals surface area contributed by atoms with E-state index < -0.39 is 15.8 Å². The Morgan fingerprint density at radius 1 is 1.27 bits per heavy atom. The van der Waals surface area contributed by atoms with E-state index in [0.29, 0.717) is 26.2 Å². The molecule has 1 fully saturated rings. The molecular formula is C17H26FN3O4S. The molecule has 26 heavy (non-hydrogen) atoms. The van der Waals surface area contributed by atoms with Crippen LogP contribution in [0.2, 0.25) is 0 Å². The largest absolute Gasteiger partial charge is 0.385 e. The minimum absolute atomic E-state index is 0.0206. The maximum absolute atomic E-state index is 13.3. The van der Waals surface area contributed by atoms with Gasteiger partial charge in [0.1, 0.15) is 5.82 Å². The van der Waals surface area contributed by atoms with Gasteiger partial charge in [0.15, 0.2) is 0 Å². The summed E-state index contributed by atoms with van der Waals surface area (Å²) in [6.45, 7) is 2.78. The molecule has 0 N–H and O–H groups in total. The van der Waals surface area contributed by atoms with Crippen molar-refractivity contribution < 1.29 is 22.3 Å². The Morgan fingerprint density at radius 2 is 1.96 bits per heavy atom. The molecule has 1 aromatic rings. The fourth-order valence-corrected chi connectivity index (χ4v) is 4.30. The number of halogens is 1. The van der Waals surface area contributed by atoms with Crippen molar-refractivity contribution >= 4 is 15.9 Å². The second-order valence-corrected chi connectivity index (χ2v) is 8.26. The summed E-state index contributed by atoms with van der Waals surface area (Å²) in [5, 5.41) is 0. The topological polar surface area (TPSA) is 70.2 Å². The van der Waals surface area contributed by atoms with Crippen molar-refractivity contribution in [3.8, 4) is 0 Å². The first kappa shape index (κ1) is 20.8. The maximum Gasteiger partial charge on any atom is 0.243 e. The van der Waals surface area contributed by atoms with Crippen molar-refractivity contribution in [1.82, 2.24) is 14.1 Å². The molecular weight excluding hydrogens is 361 g/mol. The second-order valence-electron chi connectivity index (χ2n) is 6.33. The van der Waals surface area contributed by atoms with Gasteiger partial charge in [-0.1, -0.05) is 6.07 Å². The number of nitrogens with zero attached hydrogens (tertiary/aromatic N) is 3. The Bertz CT molecular complexity index is 706. The number of amides is 1. The minimum atomic E-state index is -3.74. The van der Waals surface area contributed by atoms with Gasteiger partial charge in [0.05, 0.1) is 11.4 Å². The Hall–Kier alpha value is -1.55. The molecule has 0 spiro atoms. The molecule has 0 aliphatic carbocycles. The first-order chi connectivity index (χ1) is 12.3. The van der Waals surface area contributed by atoms with E-state index in [9.17, 15) is 17.6 Å². The average molecular weight is 387 g/mol. The fraction of sp³-hybridized carbons (Fsp3) is 0.588. The molecule has 146 valence electrons. The van der Waals surface area contributed by atoms with Gasteiger partial charge < -0.3 is 9.64 Å². The molecule has 1 heterocycles. The predicted octanol–water partition coefficient (Wildman–Crippen LogP) is 0.627. The van der Waals surface area contributed by atoms with Crippen molar-refractivity contribution in [3.63, 3.8) is 0 Å². The summed E-state index contributed by atoms with van der Waals surface area (Å²) in [7, 11) is -0.226. The van der Waals surface area contributed by atoms with Crippen molar-refractivity contribution in [2.75, 3.05) is 60.0 Å². The van der Waals surface area contributed by atoms with Crippen LogP contribution in [0.5, 0.6) is 0 Å². The number of hydrogen-bond acceptors (Lipinski definition) is 5. The van der Waals surface area contributed by atoms with Crippen LogP contribution in [0, 0.1) is 5.82 Å². The lowest BCUT2D eigenvalue weighted by Gasteiger charge is -2.34. The highest BCUT2D eigenvalue weighted by Gasteiger charge is 2.30. The van der Waals surface area contributed by atoms with Crippen molar-refractivity contribution in [2.45, 2.75) is 11.3 Å². The van der Waals surface area contributed by atoms with Gasteiger partial charge in [-0.15, -0.1) is 0 Å². The van der Waals surface area contributed by atoms with Crippen LogP contribution in [-0.2, 0) is 19.6 Å². The van der Waals surface area contributed by atoms with Gasteiger partial charge >= 0.3 is 0 Å². The average Bonchev–Trinajstić information content (AvgIpc) is 2.62. The van der Waals surface area contributed by atoms with Gasteiger partial charge in [0, 0.05) is 46.4 Å². The van der Waals surface area contributed by atoms with Crippen LogP contribution in [0.1, 0.15) is 6.42 Å². The molecule has 1 aliphatic heterocycles. The van der Waals surface area contributed by atoms with Crippen molar-refractivity contribution in [3.05, 3.63) is 30.1 Å². The lowest BCUT2D eigenvalue weighted by molar-refractivity contribution is -0.133. The van der Waals surface area contributed by atoms with Crippen LogP contribution >= 0.6 is 0 Å². The number of methoxy groups -OCH3 is 1. The van der Waals surface area contributed by atoms with Crippen LogP contribution in [0.4, 0.5) is 4.39 Å². The molecule has 1 saturated heterocycles. The number of benzene rings is 1. The Balaban J connectivity index is 1.87. The number of piperazine rings is 1. The van der Waals surface area contributed by atoms with Gasteiger partial charge in [-0.25, -0.2) is 12.8 Å². The lowest BCUT2D eigenvalue weighted by Crippen LogP contribution is -2.52. The molecule has 1 amide bonds. The Morgan fingerprint density at radius 3 is 2.58 bits per heavy atom. The lowest BCUT2D eigenvalue weighted by atomic mass is 10.3. The molecule has 0 bridgehead atoms. The van der Waals surface area contributed by atoms with E-state index >= 15 is 0 Å². The summed E-state index contributed by atoms with van der Waals surface area (Å²) in [6.07, 6.45) is 0.847. The molecule has 0 atom stereocenters. The third-order valence-corrected chi connectivity index (χ3v) is 6.21. The number of hydrogen-bond donors (Lipinski definition) is 0. The normalized spacial score (nSPS) is 16.2. The van der Waals surface area contributed by atoms with Crippen molar-refractivity contribution in [2.24, 2.45) is 0 Å². The third-order valence-electron chi connectivity index (χ3n) is 4.32. The van der Waals surface area contributed by atoms with E-state index in [2.05, 4.69) is 0 Å².